The Balaban J connectivity index is 1.49. The summed E-state index contributed by atoms with van der Waals surface area (Å²) >= 11 is 0. The quantitative estimate of drug-likeness (QED) is 0.795. The van der Waals surface area contributed by atoms with Crippen LogP contribution in [0, 0.1) is 5.92 Å². The van der Waals surface area contributed by atoms with Gasteiger partial charge in [-0.1, -0.05) is 12.1 Å². The average Bonchev–Trinajstić information content (AvgIpc) is 3.05. The van der Waals surface area contributed by atoms with Crippen LogP contribution < -0.4 is 4.74 Å². The van der Waals surface area contributed by atoms with Crippen molar-refractivity contribution >= 4 is 11.8 Å². The fraction of sp³-hybridized carbons (Fsp3) is 0.579. The predicted octanol–water partition coefficient (Wildman–Crippen LogP) is 0.742. The number of carbonyl (C=O) groups excluding carboxylic acids is 2. The lowest BCUT2D eigenvalue weighted by molar-refractivity contribution is -0.136. The Bertz CT molecular complexity index is 705. The van der Waals surface area contributed by atoms with Crippen molar-refractivity contribution in [3.63, 3.8) is 0 Å². The van der Waals surface area contributed by atoms with Crippen molar-refractivity contribution in [1.29, 1.82) is 0 Å². The van der Waals surface area contributed by atoms with Gasteiger partial charge in [-0.05, 0) is 30.2 Å². The molecule has 1 aromatic rings. The van der Waals surface area contributed by atoms with Crippen LogP contribution in [0.5, 0.6) is 5.75 Å². The molecule has 2 atom stereocenters. The third kappa shape index (κ3) is 2.99. The van der Waals surface area contributed by atoms with Crippen LogP contribution in [0.1, 0.15) is 17.5 Å². The maximum atomic E-state index is 12.6. The van der Waals surface area contributed by atoms with Gasteiger partial charge >= 0.3 is 0 Å². The lowest BCUT2D eigenvalue weighted by Gasteiger charge is -2.40. The summed E-state index contributed by atoms with van der Waals surface area (Å²) in [5.74, 6) is 1.06. The minimum Gasteiger partial charge on any atom is -0.493 e. The summed E-state index contributed by atoms with van der Waals surface area (Å²) in [5.41, 5.74) is 2.56. The third-order valence-corrected chi connectivity index (χ3v) is 5.78. The molecule has 1 aromatic carbocycles. The number of nitrogens with zero attached hydrogens (tertiary/aromatic N) is 3. The smallest absolute Gasteiger partial charge is 0.242 e. The second-order valence-electron chi connectivity index (χ2n) is 7.44. The summed E-state index contributed by atoms with van der Waals surface area (Å²) in [6.07, 6.45) is 1.78. The summed E-state index contributed by atoms with van der Waals surface area (Å²) < 4.78 is 5.58. The number of benzene rings is 1. The first kappa shape index (κ1) is 16.4. The Hall–Kier alpha value is -2.08. The zero-order valence-corrected chi connectivity index (χ0v) is 14.9. The first-order valence-electron chi connectivity index (χ1n) is 9.00. The van der Waals surface area contributed by atoms with E-state index in [0.717, 1.165) is 44.8 Å². The van der Waals surface area contributed by atoms with Crippen molar-refractivity contribution < 1.29 is 14.3 Å². The first-order chi connectivity index (χ1) is 12.0. The maximum absolute atomic E-state index is 12.6. The van der Waals surface area contributed by atoms with E-state index in [2.05, 4.69) is 23.1 Å². The Morgan fingerprint density at radius 3 is 2.92 bits per heavy atom. The Labute approximate surface area is 148 Å². The highest BCUT2D eigenvalue weighted by Crippen LogP contribution is 2.29. The fourth-order valence-corrected chi connectivity index (χ4v) is 4.28. The van der Waals surface area contributed by atoms with Gasteiger partial charge < -0.3 is 14.5 Å². The summed E-state index contributed by atoms with van der Waals surface area (Å²) in [6.45, 7) is 3.45. The molecule has 3 aliphatic rings. The van der Waals surface area contributed by atoms with E-state index in [1.165, 1.54) is 11.1 Å². The number of rotatable bonds is 2. The average molecular weight is 343 g/mol. The molecule has 134 valence electrons. The number of fused-ring (bicyclic) bond motifs is 2. The van der Waals surface area contributed by atoms with Crippen LogP contribution in [0.2, 0.25) is 0 Å². The molecule has 0 aliphatic carbocycles. The number of hydrogen-bond acceptors (Lipinski definition) is 4. The van der Waals surface area contributed by atoms with Crippen LogP contribution in [0.25, 0.3) is 0 Å². The van der Waals surface area contributed by atoms with Crippen LogP contribution in [0.15, 0.2) is 18.2 Å². The second-order valence-corrected chi connectivity index (χ2v) is 7.44. The molecular formula is C19H25N3O3. The van der Waals surface area contributed by atoms with E-state index < -0.39 is 0 Å². The van der Waals surface area contributed by atoms with Crippen molar-refractivity contribution in [2.75, 3.05) is 40.3 Å². The standard InChI is InChI=1S/C19H25N3O3/c1-20-12-18(23)21(2)16-11-22(7-5-15(16)19(20)24)10-13-3-4-17-14(9-13)6-8-25-17/h3-4,9,15-16H,5-8,10-12H2,1-2H3. The molecule has 0 aromatic heterocycles. The van der Waals surface area contributed by atoms with Crippen molar-refractivity contribution in [2.45, 2.75) is 25.4 Å². The molecule has 6 heteroatoms. The summed E-state index contributed by atoms with van der Waals surface area (Å²) in [6, 6.07) is 6.38. The number of amides is 2. The molecule has 2 unspecified atom stereocenters. The second kappa shape index (κ2) is 6.33. The molecule has 2 fully saturated rings. The molecule has 6 nitrogen and oxygen atoms in total. The molecule has 3 heterocycles. The Morgan fingerprint density at radius 1 is 1.24 bits per heavy atom. The van der Waals surface area contributed by atoms with Gasteiger partial charge in [0.15, 0.2) is 0 Å². The molecule has 0 bridgehead atoms. The fourth-order valence-electron chi connectivity index (χ4n) is 4.28. The SMILES string of the molecule is CN1CC(=O)N(C)C2CN(Cc3ccc4c(c3)CCO4)CCC2C1=O. The minimum absolute atomic E-state index is 0.0277. The van der Waals surface area contributed by atoms with Gasteiger partial charge in [0.1, 0.15) is 5.75 Å². The van der Waals surface area contributed by atoms with E-state index in [9.17, 15) is 9.59 Å². The lowest BCUT2D eigenvalue weighted by atomic mass is 9.89. The minimum atomic E-state index is -0.0777. The molecule has 0 radical (unpaired) electrons. The summed E-state index contributed by atoms with van der Waals surface area (Å²) in [5, 5.41) is 0. The number of likely N-dealkylation sites (tertiary alicyclic amines) is 1. The molecule has 3 aliphatic heterocycles. The van der Waals surface area contributed by atoms with E-state index in [4.69, 9.17) is 4.74 Å². The number of hydrogen-bond donors (Lipinski definition) is 0. The molecule has 2 amide bonds. The lowest BCUT2D eigenvalue weighted by Crippen LogP contribution is -2.53. The molecule has 4 rings (SSSR count). The van der Waals surface area contributed by atoms with Crippen molar-refractivity contribution in [2.24, 2.45) is 5.92 Å². The number of piperidine rings is 1. The zero-order valence-electron chi connectivity index (χ0n) is 14.9. The van der Waals surface area contributed by atoms with Crippen LogP contribution in [0.3, 0.4) is 0 Å². The van der Waals surface area contributed by atoms with E-state index in [0.29, 0.717) is 0 Å². The van der Waals surface area contributed by atoms with Gasteiger partial charge in [-0.3, -0.25) is 14.5 Å². The number of carbonyl (C=O) groups is 2. The monoisotopic (exact) mass is 343 g/mol. The maximum Gasteiger partial charge on any atom is 0.242 e. The highest BCUT2D eigenvalue weighted by atomic mass is 16.5. The van der Waals surface area contributed by atoms with Crippen LogP contribution in [-0.4, -0.2) is 72.9 Å². The molecule has 25 heavy (non-hydrogen) atoms. The van der Waals surface area contributed by atoms with Crippen molar-refractivity contribution in [3.8, 4) is 5.75 Å². The summed E-state index contributed by atoms with van der Waals surface area (Å²) in [7, 11) is 3.57. The van der Waals surface area contributed by atoms with Crippen molar-refractivity contribution in [3.05, 3.63) is 29.3 Å². The Kier molecular flexibility index (Phi) is 4.15. The van der Waals surface area contributed by atoms with Gasteiger partial charge in [0.2, 0.25) is 11.8 Å². The van der Waals surface area contributed by atoms with Gasteiger partial charge in [-0.15, -0.1) is 0 Å². The largest absolute Gasteiger partial charge is 0.493 e. The van der Waals surface area contributed by atoms with Gasteiger partial charge in [-0.2, -0.15) is 0 Å². The Morgan fingerprint density at radius 2 is 2.08 bits per heavy atom. The number of likely N-dealkylation sites (N-methyl/N-ethyl adjacent to an activating group) is 2. The van der Waals surface area contributed by atoms with Crippen LogP contribution >= 0.6 is 0 Å². The van der Waals surface area contributed by atoms with Gasteiger partial charge in [0.05, 0.1) is 25.1 Å². The van der Waals surface area contributed by atoms with Gasteiger partial charge in [0, 0.05) is 33.6 Å². The van der Waals surface area contributed by atoms with Gasteiger partial charge in [-0.25, -0.2) is 0 Å². The summed E-state index contributed by atoms with van der Waals surface area (Å²) in [4.78, 5) is 30.6. The van der Waals surface area contributed by atoms with E-state index in [1.807, 2.05) is 7.05 Å². The molecule has 2 saturated heterocycles. The normalized spacial score (nSPS) is 27.0. The van der Waals surface area contributed by atoms with E-state index >= 15 is 0 Å². The third-order valence-electron chi connectivity index (χ3n) is 5.78. The predicted molar refractivity (Wildman–Crippen MR) is 93.2 cm³/mol. The van der Waals surface area contributed by atoms with Crippen LogP contribution in [0.4, 0.5) is 0 Å². The van der Waals surface area contributed by atoms with Crippen molar-refractivity contribution in [1.82, 2.24) is 14.7 Å². The molecule has 0 spiro atoms. The van der Waals surface area contributed by atoms with Gasteiger partial charge in [0.25, 0.3) is 0 Å². The molecule has 0 N–H and O–H groups in total. The first-order valence-corrected chi connectivity index (χ1v) is 9.00. The van der Waals surface area contributed by atoms with E-state index in [-0.39, 0.29) is 30.3 Å². The highest BCUT2D eigenvalue weighted by molar-refractivity contribution is 5.89. The number of ether oxygens (including phenoxy) is 1. The molecule has 0 saturated carbocycles. The van der Waals surface area contributed by atoms with E-state index in [1.54, 1.807) is 16.8 Å². The topological polar surface area (TPSA) is 53.1 Å². The van der Waals surface area contributed by atoms with Crippen LogP contribution in [-0.2, 0) is 22.6 Å². The molecular weight excluding hydrogens is 318 g/mol. The highest BCUT2D eigenvalue weighted by Gasteiger charge is 2.42. The zero-order chi connectivity index (χ0) is 17.6.